The second-order valence-corrected chi connectivity index (χ2v) is 8.09. The van der Waals surface area contributed by atoms with Gasteiger partial charge in [0.05, 0.1) is 23.1 Å². The Kier molecular flexibility index (Phi) is 7.14. The van der Waals surface area contributed by atoms with Gasteiger partial charge in [0, 0.05) is 12.5 Å². The second kappa shape index (κ2) is 9.78. The molecule has 1 aliphatic rings. The van der Waals surface area contributed by atoms with Crippen LogP contribution in [0.3, 0.4) is 0 Å². The highest BCUT2D eigenvalue weighted by Gasteiger charge is 2.30. The third kappa shape index (κ3) is 5.73. The molecule has 2 N–H and O–H groups in total. The number of ether oxygens (including phenoxy) is 2. The topological polar surface area (TPSA) is 76.7 Å². The fourth-order valence-corrected chi connectivity index (χ4v) is 3.98. The standard InChI is InChI=1S/C22H28N2O4S/c1-4-27-17-9-6-15(13-18(17)28-5-2)10-11-23-22(26)20-14(3)12-19(29-20)24-21(25)16-7-8-16/h6,9,12-13,16H,4-5,7-8,10-11H2,1-3H3,(H,23,26)(H,24,25). The predicted octanol–water partition coefficient (Wildman–Crippen LogP) is 4.17. The van der Waals surface area contributed by atoms with E-state index in [1.807, 2.05) is 45.0 Å². The van der Waals surface area contributed by atoms with E-state index in [1.165, 1.54) is 11.3 Å². The van der Waals surface area contributed by atoms with Crippen LogP contribution < -0.4 is 20.1 Å². The Bertz CT molecular complexity index is 874. The van der Waals surface area contributed by atoms with Gasteiger partial charge in [0.2, 0.25) is 5.91 Å². The van der Waals surface area contributed by atoms with Crippen LogP contribution in [0.25, 0.3) is 0 Å². The molecule has 2 amide bonds. The SMILES string of the molecule is CCOc1ccc(CCNC(=O)c2sc(NC(=O)C3CC3)cc2C)cc1OCC. The molecule has 7 heteroatoms. The van der Waals surface area contributed by atoms with Gasteiger partial charge in [0.25, 0.3) is 5.91 Å². The van der Waals surface area contributed by atoms with Crippen LogP contribution >= 0.6 is 11.3 Å². The molecule has 0 spiro atoms. The molecule has 1 saturated carbocycles. The van der Waals surface area contributed by atoms with Gasteiger partial charge in [-0.3, -0.25) is 9.59 Å². The van der Waals surface area contributed by atoms with Gasteiger partial charge >= 0.3 is 0 Å². The minimum Gasteiger partial charge on any atom is -0.490 e. The van der Waals surface area contributed by atoms with Crippen molar-refractivity contribution in [2.45, 2.75) is 40.0 Å². The first-order valence-corrected chi connectivity index (χ1v) is 10.9. The lowest BCUT2D eigenvalue weighted by atomic mass is 10.1. The van der Waals surface area contributed by atoms with Crippen LogP contribution in [0.15, 0.2) is 24.3 Å². The average Bonchev–Trinajstić information content (AvgIpc) is 3.48. The molecular formula is C22H28N2O4S. The Balaban J connectivity index is 1.55. The van der Waals surface area contributed by atoms with Gasteiger partial charge in [-0.2, -0.15) is 0 Å². The number of carbonyl (C=O) groups excluding carboxylic acids is 2. The van der Waals surface area contributed by atoms with Gasteiger partial charge in [0.1, 0.15) is 0 Å². The Morgan fingerprint density at radius 2 is 1.83 bits per heavy atom. The number of thiophene rings is 1. The largest absolute Gasteiger partial charge is 0.490 e. The Morgan fingerprint density at radius 1 is 1.10 bits per heavy atom. The van der Waals surface area contributed by atoms with E-state index in [2.05, 4.69) is 10.6 Å². The summed E-state index contributed by atoms with van der Waals surface area (Å²) < 4.78 is 11.2. The van der Waals surface area contributed by atoms with Crippen molar-refractivity contribution in [3.8, 4) is 11.5 Å². The molecule has 156 valence electrons. The normalized spacial score (nSPS) is 13.1. The maximum Gasteiger partial charge on any atom is 0.261 e. The van der Waals surface area contributed by atoms with Crippen LogP contribution in [0, 0.1) is 12.8 Å². The molecule has 0 unspecified atom stereocenters. The molecule has 0 radical (unpaired) electrons. The van der Waals surface area contributed by atoms with Crippen LogP contribution in [0.1, 0.15) is 47.5 Å². The first-order chi connectivity index (χ1) is 14.0. The van der Waals surface area contributed by atoms with Crippen molar-refractivity contribution in [2.75, 3.05) is 25.1 Å². The minimum absolute atomic E-state index is 0.0545. The summed E-state index contributed by atoms with van der Waals surface area (Å²) in [6, 6.07) is 7.72. The molecule has 0 aliphatic heterocycles. The summed E-state index contributed by atoms with van der Waals surface area (Å²) in [5, 5.41) is 6.61. The molecule has 0 saturated heterocycles. The van der Waals surface area contributed by atoms with E-state index in [9.17, 15) is 9.59 Å². The molecule has 0 bridgehead atoms. The van der Waals surface area contributed by atoms with Crippen molar-refractivity contribution in [1.82, 2.24) is 5.32 Å². The molecular weight excluding hydrogens is 388 g/mol. The number of hydrogen-bond acceptors (Lipinski definition) is 5. The number of aryl methyl sites for hydroxylation is 1. The zero-order valence-electron chi connectivity index (χ0n) is 17.2. The van der Waals surface area contributed by atoms with Crippen molar-refractivity contribution in [3.63, 3.8) is 0 Å². The van der Waals surface area contributed by atoms with E-state index in [1.54, 1.807) is 0 Å². The highest BCUT2D eigenvalue weighted by molar-refractivity contribution is 7.18. The third-order valence-corrected chi connectivity index (χ3v) is 5.78. The minimum atomic E-state index is -0.115. The molecule has 1 aliphatic carbocycles. The second-order valence-electron chi connectivity index (χ2n) is 7.04. The molecule has 1 heterocycles. The van der Waals surface area contributed by atoms with E-state index in [4.69, 9.17) is 9.47 Å². The molecule has 29 heavy (non-hydrogen) atoms. The zero-order chi connectivity index (χ0) is 20.8. The van der Waals surface area contributed by atoms with Crippen LogP contribution in [-0.2, 0) is 11.2 Å². The fraction of sp³-hybridized carbons (Fsp3) is 0.455. The maximum absolute atomic E-state index is 12.6. The summed E-state index contributed by atoms with van der Waals surface area (Å²) in [6.45, 7) is 7.43. The van der Waals surface area contributed by atoms with Crippen molar-refractivity contribution >= 4 is 28.2 Å². The van der Waals surface area contributed by atoms with Crippen LogP contribution in [-0.4, -0.2) is 31.6 Å². The summed E-state index contributed by atoms with van der Waals surface area (Å²) in [5.74, 6) is 1.54. The smallest absolute Gasteiger partial charge is 0.261 e. The third-order valence-electron chi connectivity index (χ3n) is 4.63. The van der Waals surface area contributed by atoms with Crippen molar-refractivity contribution in [1.29, 1.82) is 0 Å². The first-order valence-electron chi connectivity index (χ1n) is 10.1. The zero-order valence-corrected chi connectivity index (χ0v) is 18.0. The van der Waals surface area contributed by atoms with Gasteiger partial charge in [-0.1, -0.05) is 6.07 Å². The lowest BCUT2D eigenvalue weighted by Crippen LogP contribution is -2.25. The molecule has 0 atom stereocenters. The van der Waals surface area contributed by atoms with E-state index in [0.29, 0.717) is 31.1 Å². The predicted molar refractivity (Wildman–Crippen MR) is 115 cm³/mol. The number of rotatable bonds is 10. The quantitative estimate of drug-likeness (QED) is 0.609. The number of amides is 2. The molecule has 1 aromatic heterocycles. The van der Waals surface area contributed by atoms with Gasteiger partial charge < -0.3 is 20.1 Å². The van der Waals surface area contributed by atoms with Crippen LogP contribution in [0.5, 0.6) is 11.5 Å². The van der Waals surface area contributed by atoms with Crippen molar-refractivity contribution in [2.24, 2.45) is 5.92 Å². The Morgan fingerprint density at radius 3 is 2.52 bits per heavy atom. The average molecular weight is 417 g/mol. The van der Waals surface area contributed by atoms with Crippen molar-refractivity contribution < 1.29 is 19.1 Å². The van der Waals surface area contributed by atoms with Gasteiger partial charge in [-0.15, -0.1) is 11.3 Å². The van der Waals surface area contributed by atoms with E-state index in [0.717, 1.165) is 40.5 Å². The van der Waals surface area contributed by atoms with E-state index < -0.39 is 0 Å². The Labute approximate surface area is 175 Å². The number of benzene rings is 1. The highest BCUT2D eigenvalue weighted by Crippen LogP contribution is 2.33. The van der Waals surface area contributed by atoms with Gasteiger partial charge in [0.15, 0.2) is 11.5 Å². The molecule has 3 rings (SSSR count). The van der Waals surface area contributed by atoms with Gasteiger partial charge in [-0.25, -0.2) is 0 Å². The van der Waals surface area contributed by atoms with E-state index >= 15 is 0 Å². The lowest BCUT2D eigenvalue weighted by molar-refractivity contribution is -0.117. The summed E-state index contributed by atoms with van der Waals surface area (Å²) >= 11 is 1.32. The van der Waals surface area contributed by atoms with Crippen molar-refractivity contribution in [3.05, 3.63) is 40.3 Å². The first kappa shape index (κ1) is 21.2. The van der Waals surface area contributed by atoms with E-state index in [-0.39, 0.29) is 17.7 Å². The van der Waals surface area contributed by atoms with Crippen LogP contribution in [0.4, 0.5) is 5.00 Å². The molecule has 1 aromatic carbocycles. The lowest BCUT2D eigenvalue weighted by Gasteiger charge is -2.12. The number of nitrogens with one attached hydrogen (secondary N) is 2. The maximum atomic E-state index is 12.6. The molecule has 2 aromatic rings. The highest BCUT2D eigenvalue weighted by atomic mass is 32.1. The molecule has 1 fully saturated rings. The van der Waals surface area contributed by atoms with Gasteiger partial charge in [-0.05, 0) is 69.4 Å². The monoisotopic (exact) mass is 416 g/mol. The number of hydrogen-bond donors (Lipinski definition) is 2. The number of carbonyl (C=O) groups is 2. The molecule has 6 nitrogen and oxygen atoms in total. The van der Waals surface area contributed by atoms with Crippen LogP contribution in [0.2, 0.25) is 0 Å². The summed E-state index contributed by atoms with van der Waals surface area (Å²) in [6.07, 6.45) is 2.61. The number of anilines is 1. The summed E-state index contributed by atoms with van der Waals surface area (Å²) in [5.41, 5.74) is 1.94. The fourth-order valence-electron chi connectivity index (χ4n) is 2.99. The summed E-state index contributed by atoms with van der Waals surface area (Å²) in [4.78, 5) is 25.1. The summed E-state index contributed by atoms with van der Waals surface area (Å²) in [7, 11) is 0. The Hall–Kier alpha value is -2.54.